The van der Waals surface area contributed by atoms with Crippen molar-refractivity contribution in [3.05, 3.63) is 239 Å². The number of para-hydroxylation sites is 1. The Bertz CT molecular complexity index is 2840. The summed E-state index contributed by atoms with van der Waals surface area (Å²) in [6.45, 7) is 20.1. The summed E-state index contributed by atoms with van der Waals surface area (Å²) in [4.78, 5) is 9.32. The predicted octanol–water partition coefficient (Wildman–Crippen LogP) is 15.1. The van der Waals surface area contributed by atoms with Gasteiger partial charge in [-0.1, -0.05) is 151 Å². The summed E-state index contributed by atoms with van der Waals surface area (Å²) in [6, 6.07) is 68.6. The molecule has 64 heavy (non-hydrogen) atoms. The number of fused-ring (bicyclic) bond motifs is 1. The van der Waals surface area contributed by atoms with E-state index in [9.17, 15) is 0 Å². The molecule has 1 aliphatic rings. The number of rotatable bonds is 9. The van der Waals surface area contributed by atoms with E-state index >= 15 is 0 Å². The maximum Gasteiger partial charge on any atom is 0.216 e. The Morgan fingerprint density at radius 1 is 0.500 bits per heavy atom. The third kappa shape index (κ3) is 8.57. The van der Waals surface area contributed by atoms with E-state index < -0.39 is 5.41 Å². The third-order valence-corrected chi connectivity index (χ3v) is 12.3. The van der Waals surface area contributed by atoms with Crippen molar-refractivity contribution < 1.29 is 25.8 Å². The van der Waals surface area contributed by atoms with Crippen molar-refractivity contribution in [2.45, 2.75) is 71.6 Å². The van der Waals surface area contributed by atoms with Crippen molar-refractivity contribution in [2.75, 3.05) is 9.80 Å². The average molecular weight is 1020 g/mol. The molecular weight excluding hydrogens is 962 g/mol. The van der Waals surface area contributed by atoms with Crippen molar-refractivity contribution in [3.8, 4) is 22.8 Å². The number of ether oxygens (including phenoxy) is 1. The van der Waals surface area contributed by atoms with Crippen molar-refractivity contribution in [1.29, 1.82) is 0 Å². The molecule has 0 saturated heterocycles. The first-order chi connectivity index (χ1) is 30.3. The van der Waals surface area contributed by atoms with Crippen molar-refractivity contribution in [3.63, 3.8) is 0 Å². The molecule has 0 amide bonds. The molecule has 0 unspecified atom stereocenters. The molecule has 4 nitrogen and oxygen atoms in total. The number of hydrogen-bond donors (Lipinski definition) is 0. The molecule has 0 spiro atoms. The van der Waals surface area contributed by atoms with Crippen LogP contribution in [0.1, 0.15) is 86.1 Å². The largest absolute Gasteiger partial charge is 0.493 e. The van der Waals surface area contributed by atoms with Crippen LogP contribution >= 0.6 is 0 Å². The number of pyridine rings is 1. The molecular formula is C59H54N3OPt-3. The molecule has 324 valence electrons. The number of hydrogen-bond acceptors (Lipinski definition) is 4. The molecule has 0 atom stereocenters. The van der Waals surface area contributed by atoms with Gasteiger partial charge in [0.2, 0.25) is 5.88 Å². The van der Waals surface area contributed by atoms with Crippen LogP contribution in [0.5, 0.6) is 11.6 Å². The van der Waals surface area contributed by atoms with Crippen molar-refractivity contribution >= 4 is 22.7 Å². The molecule has 1 aromatic heterocycles. The van der Waals surface area contributed by atoms with Gasteiger partial charge in [-0.15, -0.1) is 47.2 Å². The molecule has 0 bridgehead atoms. The van der Waals surface area contributed by atoms with Gasteiger partial charge in [-0.05, 0) is 88.4 Å². The summed E-state index contributed by atoms with van der Waals surface area (Å²) in [7, 11) is 0. The normalized spacial score (nSPS) is 12.8. The van der Waals surface area contributed by atoms with Crippen LogP contribution in [0.4, 0.5) is 22.7 Å². The smallest absolute Gasteiger partial charge is 0.216 e. The van der Waals surface area contributed by atoms with E-state index in [4.69, 9.17) is 9.72 Å². The van der Waals surface area contributed by atoms with Gasteiger partial charge >= 0.3 is 0 Å². The van der Waals surface area contributed by atoms with E-state index in [-0.39, 0.29) is 31.9 Å². The molecule has 1 aliphatic heterocycles. The van der Waals surface area contributed by atoms with E-state index in [2.05, 4.69) is 248 Å². The number of aryl methyl sites for hydroxylation is 2. The maximum absolute atomic E-state index is 6.82. The Balaban J connectivity index is 0.00000560. The summed E-state index contributed by atoms with van der Waals surface area (Å²) >= 11 is 0. The van der Waals surface area contributed by atoms with E-state index in [0.29, 0.717) is 11.6 Å². The van der Waals surface area contributed by atoms with E-state index in [1.165, 1.54) is 16.7 Å². The number of nitrogens with zero attached hydrogens (tertiary/aromatic N) is 3. The van der Waals surface area contributed by atoms with E-state index in [1.807, 2.05) is 12.3 Å². The fraction of sp³-hybridized carbons (Fsp3) is 0.186. The molecule has 2 heterocycles. The summed E-state index contributed by atoms with van der Waals surface area (Å²) in [6.07, 6.45) is 1.83. The third-order valence-electron chi connectivity index (χ3n) is 12.3. The fourth-order valence-electron chi connectivity index (χ4n) is 8.67. The van der Waals surface area contributed by atoms with Crippen LogP contribution in [0.3, 0.4) is 0 Å². The maximum atomic E-state index is 6.82. The van der Waals surface area contributed by atoms with E-state index in [1.54, 1.807) is 0 Å². The van der Waals surface area contributed by atoms with Gasteiger partial charge in [0.15, 0.2) is 0 Å². The SMILES string of the molecule is Cc1cc2c(cc1C)N(c1ccccc1)[CH-]N2c1[c-]c(C(c2[c-]c(Oc3cc(C(C)(C)C)ccn3)cc(-c3ccccc3)c2)(c2ccccc2)c2ccccc2)cc(C(C)(C)C)c1.[Pt]. The second-order valence-electron chi connectivity index (χ2n) is 18.8. The van der Waals surface area contributed by atoms with Crippen LogP contribution in [0.2, 0.25) is 0 Å². The molecule has 0 saturated carbocycles. The molecule has 0 radical (unpaired) electrons. The Labute approximate surface area is 394 Å². The molecule has 9 rings (SSSR count). The Morgan fingerprint density at radius 2 is 1.03 bits per heavy atom. The van der Waals surface area contributed by atoms with E-state index in [0.717, 1.165) is 61.7 Å². The zero-order valence-electron chi connectivity index (χ0n) is 37.9. The summed E-state index contributed by atoms with van der Waals surface area (Å²) in [5.74, 6) is 1.11. The van der Waals surface area contributed by atoms with Gasteiger partial charge in [-0.3, -0.25) is 0 Å². The first kappa shape index (κ1) is 44.4. The topological polar surface area (TPSA) is 28.6 Å². The molecule has 0 aliphatic carbocycles. The summed E-state index contributed by atoms with van der Waals surface area (Å²) < 4.78 is 6.82. The second kappa shape index (κ2) is 17.7. The van der Waals surface area contributed by atoms with Crippen LogP contribution in [-0.4, -0.2) is 4.98 Å². The molecule has 5 heteroatoms. The quantitative estimate of drug-likeness (QED) is 0.106. The van der Waals surface area contributed by atoms with Crippen LogP contribution in [-0.2, 0) is 37.3 Å². The van der Waals surface area contributed by atoms with Gasteiger partial charge in [0, 0.05) is 61.6 Å². The van der Waals surface area contributed by atoms with Crippen molar-refractivity contribution in [2.24, 2.45) is 0 Å². The molecule has 0 fully saturated rings. The average Bonchev–Trinajstić information content (AvgIpc) is 3.65. The Kier molecular flexibility index (Phi) is 12.3. The zero-order valence-corrected chi connectivity index (χ0v) is 40.2. The van der Waals surface area contributed by atoms with Crippen molar-refractivity contribution in [1.82, 2.24) is 4.98 Å². The number of aromatic nitrogens is 1. The second-order valence-corrected chi connectivity index (χ2v) is 18.8. The first-order valence-corrected chi connectivity index (χ1v) is 21.9. The monoisotopic (exact) mass is 1020 g/mol. The standard InChI is InChI=1S/C59H54N3O.Pt/c1-41-31-54-55(32-42(41)2)62(40-61(54)51-27-19-12-20-28-51)52-36-48(58(6,7)8)35-50(37-52)59(45-23-15-10-16-24-45,46-25-17-11-18-26-46)49-33-44(43-21-13-9-14-22-43)34-53(38-49)63-56-39-47(29-30-60-56)57(3,4)5;/h9-36,39-40H,1-8H3;/q-3;. The molecule has 8 aromatic rings. The Hall–Kier alpha value is -6.22. The van der Waals surface area contributed by atoms with Crippen LogP contribution in [0.25, 0.3) is 11.1 Å². The first-order valence-electron chi connectivity index (χ1n) is 21.9. The fourth-order valence-corrected chi connectivity index (χ4v) is 8.67. The van der Waals surface area contributed by atoms with Crippen LogP contribution in [0.15, 0.2) is 176 Å². The molecule has 7 aromatic carbocycles. The van der Waals surface area contributed by atoms with Gasteiger partial charge < -0.3 is 14.5 Å². The minimum absolute atomic E-state index is 0. The van der Waals surface area contributed by atoms with Gasteiger partial charge in [-0.2, -0.15) is 23.8 Å². The molecule has 0 N–H and O–H groups in total. The summed E-state index contributed by atoms with van der Waals surface area (Å²) in [5.41, 5.74) is 14.1. The predicted molar refractivity (Wildman–Crippen MR) is 261 cm³/mol. The number of benzene rings is 7. The zero-order chi connectivity index (χ0) is 43.9. The number of anilines is 4. The van der Waals surface area contributed by atoms with Gasteiger partial charge in [0.25, 0.3) is 0 Å². The van der Waals surface area contributed by atoms with Crippen LogP contribution < -0.4 is 14.5 Å². The van der Waals surface area contributed by atoms with Gasteiger partial charge in [-0.25, -0.2) is 4.98 Å². The minimum atomic E-state index is -0.910. The van der Waals surface area contributed by atoms with Crippen LogP contribution in [0, 0.1) is 32.6 Å². The van der Waals surface area contributed by atoms with Gasteiger partial charge in [0.05, 0.1) is 0 Å². The van der Waals surface area contributed by atoms with Gasteiger partial charge in [0.1, 0.15) is 0 Å². The summed E-state index contributed by atoms with van der Waals surface area (Å²) in [5, 5.41) is 0. The minimum Gasteiger partial charge on any atom is -0.493 e. The Morgan fingerprint density at radius 3 is 1.61 bits per heavy atom.